The predicted molar refractivity (Wildman–Crippen MR) is 84.3 cm³/mol. The SMILES string of the molecule is COc1cc(Nc2cc(C)c(Br)c(C)c2)ccc1N. The van der Waals surface area contributed by atoms with Gasteiger partial charge in [-0.1, -0.05) is 15.9 Å². The number of rotatable bonds is 3. The first kappa shape index (κ1) is 13.7. The van der Waals surface area contributed by atoms with Crippen LogP contribution in [-0.4, -0.2) is 7.11 Å². The molecule has 0 radical (unpaired) electrons. The standard InChI is InChI=1S/C15H17BrN2O/c1-9-6-12(7-10(2)15(9)16)18-11-4-5-13(17)14(8-11)19-3/h4-8,18H,17H2,1-3H3. The maximum Gasteiger partial charge on any atom is 0.143 e. The second-order valence-corrected chi connectivity index (χ2v) is 5.30. The van der Waals surface area contributed by atoms with Crippen molar-refractivity contribution in [2.75, 3.05) is 18.2 Å². The maximum absolute atomic E-state index is 5.80. The van der Waals surface area contributed by atoms with E-state index in [9.17, 15) is 0 Å². The van der Waals surface area contributed by atoms with Crippen molar-refractivity contribution >= 4 is 33.0 Å². The fourth-order valence-electron chi connectivity index (χ4n) is 1.97. The molecule has 4 heteroatoms. The van der Waals surface area contributed by atoms with Gasteiger partial charge in [0, 0.05) is 21.9 Å². The summed E-state index contributed by atoms with van der Waals surface area (Å²) < 4.78 is 6.36. The van der Waals surface area contributed by atoms with Crippen LogP contribution in [0.25, 0.3) is 0 Å². The highest BCUT2D eigenvalue weighted by Gasteiger charge is 2.04. The van der Waals surface area contributed by atoms with Crippen molar-refractivity contribution in [3.8, 4) is 5.75 Å². The number of nitrogens with one attached hydrogen (secondary N) is 1. The van der Waals surface area contributed by atoms with E-state index in [1.54, 1.807) is 7.11 Å². The van der Waals surface area contributed by atoms with E-state index in [-0.39, 0.29) is 0 Å². The molecule has 0 bridgehead atoms. The fraction of sp³-hybridized carbons (Fsp3) is 0.200. The molecule has 0 aromatic heterocycles. The van der Waals surface area contributed by atoms with Crippen LogP contribution >= 0.6 is 15.9 Å². The molecule has 2 rings (SSSR count). The summed E-state index contributed by atoms with van der Waals surface area (Å²) in [7, 11) is 1.61. The summed E-state index contributed by atoms with van der Waals surface area (Å²) in [5.74, 6) is 0.676. The molecule has 0 heterocycles. The quantitative estimate of drug-likeness (QED) is 0.824. The average Bonchev–Trinajstić information content (AvgIpc) is 2.38. The van der Waals surface area contributed by atoms with E-state index >= 15 is 0 Å². The Morgan fingerprint density at radius 2 is 1.68 bits per heavy atom. The second kappa shape index (κ2) is 5.53. The first-order chi connectivity index (χ1) is 9.01. The molecule has 3 nitrogen and oxygen atoms in total. The Labute approximate surface area is 121 Å². The lowest BCUT2D eigenvalue weighted by Gasteiger charge is -2.12. The third-order valence-corrected chi connectivity index (χ3v) is 4.21. The minimum absolute atomic E-state index is 0.635. The summed E-state index contributed by atoms with van der Waals surface area (Å²) in [5.41, 5.74) is 10.8. The van der Waals surface area contributed by atoms with Gasteiger partial charge in [-0.3, -0.25) is 0 Å². The fourth-order valence-corrected chi connectivity index (χ4v) is 2.20. The van der Waals surface area contributed by atoms with Gasteiger partial charge in [0.05, 0.1) is 12.8 Å². The molecule has 100 valence electrons. The lowest BCUT2D eigenvalue weighted by atomic mass is 10.1. The zero-order chi connectivity index (χ0) is 14.0. The van der Waals surface area contributed by atoms with E-state index in [1.807, 2.05) is 18.2 Å². The predicted octanol–water partition coefficient (Wildman–Crippen LogP) is 4.40. The largest absolute Gasteiger partial charge is 0.495 e. The normalized spacial score (nSPS) is 10.3. The molecule has 3 N–H and O–H groups in total. The van der Waals surface area contributed by atoms with Crippen molar-refractivity contribution < 1.29 is 4.74 Å². The number of halogens is 1. The number of anilines is 3. The van der Waals surface area contributed by atoms with E-state index in [0.717, 1.165) is 15.8 Å². The van der Waals surface area contributed by atoms with Crippen LogP contribution in [0.15, 0.2) is 34.8 Å². The van der Waals surface area contributed by atoms with Crippen LogP contribution in [0.5, 0.6) is 5.75 Å². The van der Waals surface area contributed by atoms with E-state index < -0.39 is 0 Å². The molecule has 0 unspecified atom stereocenters. The number of hydrogen-bond acceptors (Lipinski definition) is 3. The number of nitrogen functional groups attached to an aromatic ring is 1. The second-order valence-electron chi connectivity index (χ2n) is 4.51. The zero-order valence-corrected chi connectivity index (χ0v) is 12.8. The molecule has 0 saturated heterocycles. The van der Waals surface area contributed by atoms with Crippen LogP contribution in [0.1, 0.15) is 11.1 Å². The third-order valence-electron chi connectivity index (χ3n) is 2.96. The van der Waals surface area contributed by atoms with Crippen LogP contribution < -0.4 is 15.8 Å². The van der Waals surface area contributed by atoms with Gasteiger partial charge in [0.2, 0.25) is 0 Å². The summed E-state index contributed by atoms with van der Waals surface area (Å²) in [4.78, 5) is 0. The molecule has 0 fully saturated rings. The van der Waals surface area contributed by atoms with Gasteiger partial charge >= 0.3 is 0 Å². The lowest BCUT2D eigenvalue weighted by molar-refractivity contribution is 0.417. The molecule has 0 spiro atoms. The van der Waals surface area contributed by atoms with E-state index in [1.165, 1.54) is 11.1 Å². The topological polar surface area (TPSA) is 47.3 Å². The highest BCUT2D eigenvalue weighted by molar-refractivity contribution is 9.10. The van der Waals surface area contributed by atoms with Gasteiger partial charge in [0.1, 0.15) is 5.75 Å². The van der Waals surface area contributed by atoms with Gasteiger partial charge in [0.15, 0.2) is 0 Å². The summed E-state index contributed by atoms with van der Waals surface area (Å²) in [6.45, 7) is 4.15. The van der Waals surface area contributed by atoms with Crippen LogP contribution in [0.4, 0.5) is 17.1 Å². The summed E-state index contributed by atoms with van der Waals surface area (Å²) in [6.07, 6.45) is 0. The summed E-state index contributed by atoms with van der Waals surface area (Å²) >= 11 is 3.57. The Kier molecular flexibility index (Phi) is 4.00. The van der Waals surface area contributed by atoms with Gasteiger partial charge in [-0.15, -0.1) is 0 Å². The van der Waals surface area contributed by atoms with Crippen molar-refractivity contribution in [3.05, 3.63) is 45.9 Å². The Bertz CT molecular complexity index is 588. The molecule has 19 heavy (non-hydrogen) atoms. The number of methoxy groups -OCH3 is 1. The molecule has 0 aliphatic carbocycles. The number of ether oxygens (including phenoxy) is 1. The van der Waals surface area contributed by atoms with E-state index in [2.05, 4.69) is 47.2 Å². The molecule has 0 atom stereocenters. The summed E-state index contributed by atoms with van der Waals surface area (Å²) in [6, 6.07) is 9.85. The molecule has 0 saturated carbocycles. The lowest BCUT2D eigenvalue weighted by Crippen LogP contribution is -1.96. The van der Waals surface area contributed by atoms with Crippen LogP contribution in [0.3, 0.4) is 0 Å². The average molecular weight is 321 g/mol. The molecule has 0 aliphatic rings. The first-order valence-electron chi connectivity index (χ1n) is 5.98. The van der Waals surface area contributed by atoms with Gasteiger partial charge in [0.25, 0.3) is 0 Å². The monoisotopic (exact) mass is 320 g/mol. The third kappa shape index (κ3) is 3.01. The molecular weight excluding hydrogens is 304 g/mol. The molecule has 2 aromatic carbocycles. The minimum Gasteiger partial charge on any atom is -0.495 e. The summed E-state index contributed by atoms with van der Waals surface area (Å²) in [5, 5.41) is 3.36. The van der Waals surface area contributed by atoms with Gasteiger partial charge in [-0.25, -0.2) is 0 Å². The molecule has 2 aromatic rings. The zero-order valence-electron chi connectivity index (χ0n) is 11.3. The van der Waals surface area contributed by atoms with Crippen LogP contribution in [0, 0.1) is 13.8 Å². The Hall–Kier alpha value is -1.68. The van der Waals surface area contributed by atoms with Crippen molar-refractivity contribution in [1.29, 1.82) is 0 Å². The number of nitrogens with two attached hydrogens (primary N) is 1. The van der Waals surface area contributed by atoms with E-state index in [0.29, 0.717) is 11.4 Å². The maximum atomic E-state index is 5.80. The van der Waals surface area contributed by atoms with Crippen LogP contribution in [0.2, 0.25) is 0 Å². The van der Waals surface area contributed by atoms with Crippen molar-refractivity contribution in [2.45, 2.75) is 13.8 Å². The van der Waals surface area contributed by atoms with Gasteiger partial charge in [-0.2, -0.15) is 0 Å². The van der Waals surface area contributed by atoms with Crippen molar-refractivity contribution in [3.63, 3.8) is 0 Å². The van der Waals surface area contributed by atoms with Gasteiger partial charge in [-0.05, 0) is 49.2 Å². The minimum atomic E-state index is 0.635. The van der Waals surface area contributed by atoms with Crippen LogP contribution in [-0.2, 0) is 0 Å². The number of benzene rings is 2. The molecule has 0 amide bonds. The smallest absolute Gasteiger partial charge is 0.143 e. The van der Waals surface area contributed by atoms with Gasteiger partial charge < -0.3 is 15.8 Å². The Morgan fingerprint density at radius 1 is 1.05 bits per heavy atom. The first-order valence-corrected chi connectivity index (χ1v) is 6.78. The highest BCUT2D eigenvalue weighted by atomic mass is 79.9. The molecular formula is C15H17BrN2O. The van der Waals surface area contributed by atoms with E-state index in [4.69, 9.17) is 10.5 Å². The van der Waals surface area contributed by atoms with Crippen molar-refractivity contribution in [2.24, 2.45) is 0 Å². The van der Waals surface area contributed by atoms with Crippen molar-refractivity contribution in [1.82, 2.24) is 0 Å². The molecule has 0 aliphatic heterocycles. The Morgan fingerprint density at radius 3 is 2.26 bits per heavy atom. The Balaban J connectivity index is 2.31. The highest BCUT2D eigenvalue weighted by Crippen LogP contribution is 2.30. The number of hydrogen-bond donors (Lipinski definition) is 2. The number of aryl methyl sites for hydroxylation is 2.